The predicted octanol–water partition coefficient (Wildman–Crippen LogP) is 2.58. The molecule has 3 heterocycles. The van der Waals surface area contributed by atoms with Crippen molar-refractivity contribution in [1.29, 1.82) is 0 Å². The maximum absolute atomic E-state index is 11.7. The molecule has 0 aromatic carbocycles. The van der Waals surface area contributed by atoms with Gasteiger partial charge in [-0.15, -0.1) is 10.2 Å². The standard InChI is InChI=1S/C13H10N6O/c20-13-12(18-16-10-6-2-4-8-15-10)11(17-19-13)9-5-1-3-7-14-9/h1-8H,(H2,17,19,20). The molecule has 3 rings (SSSR count). The van der Waals surface area contributed by atoms with Crippen LogP contribution in [-0.4, -0.2) is 20.2 Å². The average molecular weight is 266 g/mol. The Kier molecular flexibility index (Phi) is 3.15. The van der Waals surface area contributed by atoms with Gasteiger partial charge < -0.3 is 0 Å². The highest BCUT2D eigenvalue weighted by atomic mass is 16.1. The van der Waals surface area contributed by atoms with Crippen LogP contribution in [0.25, 0.3) is 11.4 Å². The van der Waals surface area contributed by atoms with E-state index < -0.39 is 0 Å². The molecule has 0 aliphatic carbocycles. The molecule has 98 valence electrons. The van der Waals surface area contributed by atoms with Crippen LogP contribution in [0.3, 0.4) is 0 Å². The first-order valence-corrected chi connectivity index (χ1v) is 5.89. The van der Waals surface area contributed by atoms with E-state index in [2.05, 4.69) is 30.4 Å². The molecule has 0 bridgehead atoms. The number of nitrogens with zero attached hydrogens (tertiary/aromatic N) is 4. The van der Waals surface area contributed by atoms with Gasteiger partial charge in [0.1, 0.15) is 5.69 Å². The molecule has 0 aliphatic heterocycles. The third kappa shape index (κ3) is 2.37. The number of nitrogens with one attached hydrogen (secondary N) is 2. The van der Waals surface area contributed by atoms with Crippen LogP contribution in [0, 0.1) is 0 Å². The molecule has 20 heavy (non-hydrogen) atoms. The predicted molar refractivity (Wildman–Crippen MR) is 73.1 cm³/mol. The van der Waals surface area contributed by atoms with Gasteiger partial charge in [0, 0.05) is 12.4 Å². The fraction of sp³-hybridized carbons (Fsp3) is 0. The zero-order valence-electron chi connectivity index (χ0n) is 10.3. The maximum Gasteiger partial charge on any atom is 0.292 e. The smallest absolute Gasteiger partial charge is 0.292 e. The van der Waals surface area contributed by atoms with E-state index in [0.29, 0.717) is 17.2 Å². The lowest BCUT2D eigenvalue weighted by molar-refractivity contribution is 1.05. The van der Waals surface area contributed by atoms with E-state index in [4.69, 9.17) is 0 Å². The van der Waals surface area contributed by atoms with E-state index in [1.54, 1.807) is 42.7 Å². The van der Waals surface area contributed by atoms with Gasteiger partial charge >= 0.3 is 0 Å². The molecule has 0 fully saturated rings. The summed E-state index contributed by atoms with van der Waals surface area (Å²) in [5.74, 6) is 0.431. The molecule has 3 aromatic rings. The minimum Gasteiger partial charge on any atom is -0.294 e. The Hall–Kier alpha value is -3.09. The summed E-state index contributed by atoms with van der Waals surface area (Å²) in [6.45, 7) is 0. The summed E-state index contributed by atoms with van der Waals surface area (Å²) < 4.78 is 0. The molecule has 0 saturated heterocycles. The molecule has 0 atom stereocenters. The Bertz CT molecular complexity index is 775. The Morgan fingerprint density at radius 1 is 0.900 bits per heavy atom. The molecule has 0 saturated carbocycles. The minimum atomic E-state index is -0.356. The van der Waals surface area contributed by atoms with E-state index in [9.17, 15) is 4.79 Å². The van der Waals surface area contributed by atoms with Crippen LogP contribution in [-0.2, 0) is 0 Å². The third-order valence-electron chi connectivity index (χ3n) is 2.58. The van der Waals surface area contributed by atoms with E-state index in [-0.39, 0.29) is 11.2 Å². The van der Waals surface area contributed by atoms with Gasteiger partial charge in [-0.05, 0) is 24.3 Å². The molecular formula is C13H10N6O. The third-order valence-corrected chi connectivity index (χ3v) is 2.58. The van der Waals surface area contributed by atoms with Crippen LogP contribution in [0.15, 0.2) is 63.8 Å². The molecule has 7 nitrogen and oxygen atoms in total. The number of aromatic amines is 2. The number of hydrogen-bond acceptors (Lipinski definition) is 5. The summed E-state index contributed by atoms with van der Waals surface area (Å²) in [4.78, 5) is 19.9. The molecule has 0 amide bonds. The van der Waals surface area contributed by atoms with Gasteiger partial charge in [0.25, 0.3) is 5.56 Å². The highest BCUT2D eigenvalue weighted by molar-refractivity contribution is 5.67. The minimum absolute atomic E-state index is 0.175. The number of H-pyrrole nitrogens is 2. The van der Waals surface area contributed by atoms with Crippen molar-refractivity contribution in [3.8, 4) is 11.4 Å². The Labute approximate surface area is 113 Å². The maximum atomic E-state index is 11.7. The molecule has 2 N–H and O–H groups in total. The van der Waals surface area contributed by atoms with Crippen molar-refractivity contribution < 1.29 is 0 Å². The first kappa shape index (κ1) is 12.0. The van der Waals surface area contributed by atoms with E-state index in [1.165, 1.54) is 0 Å². The lowest BCUT2D eigenvalue weighted by atomic mass is 10.2. The van der Waals surface area contributed by atoms with E-state index in [0.717, 1.165) is 0 Å². The summed E-state index contributed by atoms with van der Waals surface area (Å²) in [6.07, 6.45) is 3.25. The first-order valence-electron chi connectivity index (χ1n) is 5.89. The summed E-state index contributed by atoms with van der Waals surface area (Å²) in [5, 5.41) is 13.1. The van der Waals surface area contributed by atoms with Crippen molar-refractivity contribution in [3.63, 3.8) is 0 Å². The van der Waals surface area contributed by atoms with Gasteiger partial charge in [-0.2, -0.15) is 0 Å². The summed E-state index contributed by atoms with van der Waals surface area (Å²) in [7, 11) is 0. The van der Waals surface area contributed by atoms with Gasteiger partial charge in [-0.25, -0.2) is 4.98 Å². The number of azo groups is 1. The monoisotopic (exact) mass is 266 g/mol. The molecule has 7 heteroatoms. The normalized spacial score (nSPS) is 11.0. The lowest BCUT2D eigenvalue weighted by Crippen LogP contribution is -1.96. The molecule has 3 aromatic heterocycles. The van der Waals surface area contributed by atoms with E-state index in [1.807, 2.05) is 6.07 Å². The van der Waals surface area contributed by atoms with Crippen LogP contribution < -0.4 is 5.56 Å². The molecule has 0 unspecified atom stereocenters. The van der Waals surface area contributed by atoms with Crippen molar-refractivity contribution in [1.82, 2.24) is 20.2 Å². The van der Waals surface area contributed by atoms with Crippen molar-refractivity contribution in [2.45, 2.75) is 0 Å². The molecule has 0 spiro atoms. The lowest BCUT2D eigenvalue weighted by Gasteiger charge is -1.96. The quantitative estimate of drug-likeness (QED) is 0.712. The van der Waals surface area contributed by atoms with Crippen molar-refractivity contribution in [3.05, 3.63) is 59.1 Å². The Balaban J connectivity index is 2.01. The zero-order chi connectivity index (χ0) is 13.8. The van der Waals surface area contributed by atoms with Crippen LogP contribution in [0.5, 0.6) is 0 Å². The van der Waals surface area contributed by atoms with Crippen LogP contribution >= 0.6 is 0 Å². The number of pyridine rings is 2. The molecular weight excluding hydrogens is 256 g/mol. The van der Waals surface area contributed by atoms with Crippen LogP contribution in [0.4, 0.5) is 11.5 Å². The highest BCUT2D eigenvalue weighted by Gasteiger charge is 2.12. The second-order valence-corrected chi connectivity index (χ2v) is 3.91. The van der Waals surface area contributed by atoms with E-state index >= 15 is 0 Å². The second-order valence-electron chi connectivity index (χ2n) is 3.91. The van der Waals surface area contributed by atoms with Crippen molar-refractivity contribution >= 4 is 11.5 Å². The molecule has 0 radical (unpaired) electrons. The highest BCUT2D eigenvalue weighted by Crippen LogP contribution is 2.23. The van der Waals surface area contributed by atoms with Gasteiger partial charge in [0.05, 0.1) is 5.69 Å². The van der Waals surface area contributed by atoms with Gasteiger partial charge in [0.15, 0.2) is 11.5 Å². The zero-order valence-corrected chi connectivity index (χ0v) is 10.3. The number of hydrogen-bond donors (Lipinski definition) is 2. The van der Waals surface area contributed by atoms with Crippen molar-refractivity contribution in [2.75, 3.05) is 0 Å². The van der Waals surface area contributed by atoms with Crippen molar-refractivity contribution in [2.24, 2.45) is 10.2 Å². The van der Waals surface area contributed by atoms with Gasteiger partial charge in [-0.1, -0.05) is 12.1 Å². The summed E-state index contributed by atoms with van der Waals surface area (Å²) >= 11 is 0. The largest absolute Gasteiger partial charge is 0.294 e. The van der Waals surface area contributed by atoms with Gasteiger partial charge in [-0.3, -0.25) is 20.0 Å². The fourth-order valence-corrected chi connectivity index (χ4v) is 1.66. The first-order chi connectivity index (χ1) is 9.84. The SMILES string of the molecule is O=c1[nH][nH]c(-c2ccccn2)c1N=Nc1ccccn1. The van der Waals surface area contributed by atoms with Crippen LogP contribution in [0.1, 0.15) is 0 Å². The Morgan fingerprint density at radius 2 is 1.70 bits per heavy atom. The fourth-order valence-electron chi connectivity index (χ4n) is 1.66. The summed E-state index contributed by atoms with van der Waals surface area (Å²) in [6, 6.07) is 10.7. The topological polar surface area (TPSA) is 99.2 Å². The average Bonchev–Trinajstić information content (AvgIpc) is 2.88. The number of aromatic nitrogens is 4. The molecule has 0 aliphatic rings. The van der Waals surface area contributed by atoms with Crippen LogP contribution in [0.2, 0.25) is 0 Å². The summed E-state index contributed by atoms with van der Waals surface area (Å²) in [5.41, 5.74) is 0.927. The second kappa shape index (κ2) is 5.27. The number of rotatable bonds is 3. The van der Waals surface area contributed by atoms with Gasteiger partial charge in [0.2, 0.25) is 0 Å². The Morgan fingerprint density at radius 3 is 2.40 bits per heavy atom.